The Hall–Kier alpha value is -6.72. The van der Waals surface area contributed by atoms with E-state index in [4.69, 9.17) is 18.9 Å². The molecule has 10 aromatic rings. The number of methoxy groups -OCH3 is 2. The molecular formula is C52H38O4. The van der Waals surface area contributed by atoms with Gasteiger partial charge in [-0.25, -0.2) is 0 Å². The second kappa shape index (κ2) is 14.2. The van der Waals surface area contributed by atoms with Gasteiger partial charge in [-0.3, -0.25) is 0 Å². The highest BCUT2D eigenvalue weighted by Gasteiger charge is 2.28. The van der Waals surface area contributed by atoms with Crippen LogP contribution in [0.5, 0.6) is 11.5 Å². The Morgan fingerprint density at radius 2 is 0.554 bits per heavy atom. The SMILES string of the molecule is COCOc1c(-c2c3ccccc3cc3ccccc23)cc2ccccc2c1-c1c(OCOC)c(-c2c3ccccc3cc3ccccc23)cc2ccccc12. The zero-order chi connectivity index (χ0) is 37.6. The summed E-state index contributed by atoms with van der Waals surface area (Å²) in [5.74, 6) is 1.44. The van der Waals surface area contributed by atoms with E-state index in [0.29, 0.717) is 0 Å². The summed E-state index contributed by atoms with van der Waals surface area (Å²) in [7, 11) is 3.34. The predicted octanol–water partition coefficient (Wildman–Crippen LogP) is 13.6. The van der Waals surface area contributed by atoms with Gasteiger partial charge in [0.05, 0.1) is 0 Å². The van der Waals surface area contributed by atoms with E-state index in [1.165, 1.54) is 0 Å². The average Bonchev–Trinajstić information content (AvgIpc) is 3.25. The van der Waals surface area contributed by atoms with Gasteiger partial charge in [0.2, 0.25) is 0 Å². The van der Waals surface area contributed by atoms with E-state index in [1.807, 2.05) is 0 Å². The molecule has 0 saturated heterocycles. The third-order valence-electron chi connectivity index (χ3n) is 11.0. The van der Waals surface area contributed by atoms with Crippen LogP contribution in [0.3, 0.4) is 0 Å². The molecule has 0 bridgehead atoms. The molecule has 10 aromatic carbocycles. The van der Waals surface area contributed by atoms with Crippen molar-refractivity contribution in [3.8, 4) is 44.9 Å². The van der Waals surface area contributed by atoms with E-state index in [2.05, 4.69) is 170 Å². The number of hydrogen-bond acceptors (Lipinski definition) is 4. The van der Waals surface area contributed by atoms with Crippen LogP contribution in [0.1, 0.15) is 0 Å². The van der Waals surface area contributed by atoms with Crippen molar-refractivity contribution in [2.75, 3.05) is 27.8 Å². The van der Waals surface area contributed by atoms with Crippen molar-refractivity contribution >= 4 is 64.6 Å². The van der Waals surface area contributed by atoms with E-state index < -0.39 is 0 Å². The number of rotatable bonds is 9. The Bertz CT molecular complexity index is 2810. The van der Waals surface area contributed by atoms with Gasteiger partial charge >= 0.3 is 0 Å². The third kappa shape index (κ3) is 5.53. The maximum Gasteiger partial charge on any atom is 0.188 e. The molecule has 4 heteroatoms. The van der Waals surface area contributed by atoms with Crippen molar-refractivity contribution in [1.29, 1.82) is 0 Å². The fraction of sp³-hybridized carbons (Fsp3) is 0.0769. The van der Waals surface area contributed by atoms with Crippen LogP contribution in [0.4, 0.5) is 0 Å². The second-order valence-corrected chi connectivity index (χ2v) is 14.2. The van der Waals surface area contributed by atoms with Crippen LogP contribution in [-0.2, 0) is 9.47 Å². The molecule has 0 unspecified atom stereocenters. The molecule has 0 spiro atoms. The Balaban J connectivity index is 1.43. The Labute approximate surface area is 325 Å². The van der Waals surface area contributed by atoms with Crippen LogP contribution >= 0.6 is 0 Å². The van der Waals surface area contributed by atoms with Crippen LogP contribution in [0, 0.1) is 0 Å². The van der Waals surface area contributed by atoms with Crippen molar-refractivity contribution in [2.24, 2.45) is 0 Å². The third-order valence-corrected chi connectivity index (χ3v) is 11.0. The molecule has 0 fully saturated rings. The zero-order valence-corrected chi connectivity index (χ0v) is 31.2. The van der Waals surface area contributed by atoms with Gasteiger partial charge in [-0.05, 0) is 88.9 Å². The number of benzene rings is 10. The number of ether oxygens (including phenoxy) is 4. The van der Waals surface area contributed by atoms with Gasteiger partial charge in [-0.15, -0.1) is 0 Å². The van der Waals surface area contributed by atoms with Crippen LogP contribution in [0.2, 0.25) is 0 Å². The first-order valence-corrected chi connectivity index (χ1v) is 18.9. The van der Waals surface area contributed by atoms with E-state index in [0.717, 1.165) is 110 Å². The minimum absolute atomic E-state index is 0.0564. The maximum atomic E-state index is 6.92. The first kappa shape index (κ1) is 33.8. The highest BCUT2D eigenvalue weighted by molar-refractivity contribution is 6.21. The van der Waals surface area contributed by atoms with Gasteiger partial charge in [0.25, 0.3) is 0 Å². The zero-order valence-electron chi connectivity index (χ0n) is 31.2. The summed E-state index contributed by atoms with van der Waals surface area (Å²) in [5.41, 5.74) is 6.04. The topological polar surface area (TPSA) is 36.9 Å². The smallest absolute Gasteiger partial charge is 0.188 e. The highest BCUT2D eigenvalue weighted by Crippen LogP contribution is 2.55. The average molecular weight is 727 g/mol. The second-order valence-electron chi connectivity index (χ2n) is 14.2. The molecule has 0 saturated carbocycles. The molecule has 56 heavy (non-hydrogen) atoms. The summed E-state index contributed by atoms with van der Waals surface area (Å²) in [6.07, 6.45) is 0. The summed E-state index contributed by atoms with van der Waals surface area (Å²) < 4.78 is 25.3. The number of fused-ring (bicyclic) bond motifs is 6. The van der Waals surface area contributed by atoms with E-state index in [9.17, 15) is 0 Å². The lowest BCUT2D eigenvalue weighted by molar-refractivity contribution is 0.0506. The standard InChI is InChI=1S/C52H38O4/c1-53-31-55-51-45(47-39-21-9-3-15-33(39)27-34-16-4-10-22-40(34)47)29-37-19-7-13-25-43(37)49(51)50-44-26-14-8-20-38(44)30-46(52(50)56-32-54-2)48-41-23-11-5-17-35(41)28-36-18-6-12-24-42(36)48/h3-30H,31-32H2,1-2H3. The van der Waals surface area contributed by atoms with E-state index >= 15 is 0 Å². The molecular weight excluding hydrogens is 689 g/mol. The first-order chi connectivity index (χ1) is 27.7. The lowest BCUT2D eigenvalue weighted by atomic mass is 9.83. The molecule has 10 rings (SSSR count). The van der Waals surface area contributed by atoms with Crippen molar-refractivity contribution in [2.45, 2.75) is 0 Å². The van der Waals surface area contributed by atoms with Crippen molar-refractivity contribution < 1.29 is 18.9 Å². The Morgan fingerprint density at radius 3 is 0.839 bits per heavy atom. The molecule has 0 N–H and O–H groups in total. The Morgan fingerprint density at radius 1 is 0.304 bits per heavy atom. The molecule has 0 atom stereocenters. The van der Waals surface area contributed by atoms with Crippen molar-refractivity contribution in [1.82, 2.24) is 0 Å². The van der Waals surface area contributed by atoms with Crippen molar-refractivity contribution in [3.05, 3.63) is 170 Å². The summed E-state index contributed by atoms with van der Waals surface area (Å²) >= 11 is 0. The first-order valence-electron chi connectivity index (χ1n) is 18.9. The summed E-state index contributed by atoms with van der Waals surface area (Å²) in [5, 5.41) is 13.5. The fourth-order valence-electron chi connectivity index (χ4n) is 8.67. The summed E-state index contributed by atoms with van der Waals surface area (Å²) in [6.45, 7) is 0.113. The van der Waals surface area contributed by atoms with E-state index in [-0.39, 0.29) is 13.6 Å². The quantitative estimate of drug-likeness (QED) is 0.110. The largest absolute Gasteiger partial charge is 0.466 e. The molecule has 0 radical (unpaired) electrons. The lowest BCUT2D eigenvalue weighted by Crippen LogP contribution is -2.06. The predicted molar refractivity (Wildman–Crippen MR) is 233 cm³/mol. The molecule has 0 amide bonds. The fourth-order valence-corrected chi connectivity index (χ4v) is 8.67. The Kier molecular flexibility index (Phi) is 8.56. The molecule has 270 valence electrons. The molecule has 0 aromatic heterocycles. The van der Waals surface area contributed by atoms with Crippen LogP contribution < -0.4 is 9.47 Å². The van der Waals surface area contributed by atoms with Gasteiger partial charge in [0.15, 0.2) is 13.6 Å². The van der Waals surface area contributed by atoms with Crippen molar-refractivity contribution in [3.63, 3.8) is 0 Å². The number of hydrogen-bond donors (Lipinski definition) is 0. The molecule has 0 aliphatic rings. The van der Waals surface area contributed by atoms with Gasteiger partial charge in [0, 0.05) is 47.6 Å². The minimum atomic E-state index is 0.0564. The maximum absolute atomic E-state index is 6.92. The highest BCUT2D eigenvalue weighted by atomic mass is 16.7. The minimum Gasteiger partial charge on any atom is -0.466 e. The van der Waals surface area contributed by atoms with Crippen LogP contribution in [0.15, 0.2) is 170 Å². The molecule has 4 nitrogen and oxygen atoms in total. The molecule has 0 aliphatic carbocycles. The van der Waals surface area contributed by atoms with E-state index in [1.54, 1.807) is 14.2 Å². The van der Waals surface area contributed by atoms with Gasteiger partial charge in [0.1, 0.15) is 11.5 Å². The van der Waals surface area contributed by atoms with Crippen LogP contribution in [-0.4, -0.2) is 27.8 Å². The normalized spacial score (nSPS) is 11.7. The van der Waals surface area contributed by atoms with Gasteiger partial charge in [-0.2, -0.15) is 0 Å². The molecule has 0 aliphatic heterocycles. The summed E-state index contributed by atoms with van der Waals surface area (Å²) in [6, 6.07) is 60.7. The molecule has 0 heterocycles. The van der Waals surface area contributed by atoms with Crippen LogP contribution in [0.25, 0.3) is 98.0 Å². The monoisotopic (exact) mass is 726 g/mol. The van der Waals surface area contributed by atoms with Gasteiger partial charge in [-0.1, -0.05) is 146 Å². The lowest BCUT2D eigenvalue weighted by Gasteiger charge is -2.25. The van der Waals surface area contributed by atoms with Gasteiger partial charge < -0.3 is 18.9 Å². The summed E-state index contributed by atoms with van der Waals surface area (Å²) in [4.78, 5) is 0.